The van der Waals surface area contributed by atoms with Crippen molar-refractivity contribution in [2.45, 2.75) is 33.1 Å². The average Bonchev–Trinajstić information content (AvgIpc) is 2.72. The van der Waals surface area contributed by atoms with Crippen LogP contribution in [0, 0.1) is 12.7 Å². The quantitative estimate of drug-likeness (QED) is 0.330. The molecule has 3 heteroatoms. The fraction of sp³-hybridized carbons (Fsp3) is 0.200. The Hall–Kier alpha value is -3.07. The van der Waals surface area contributed by atoms with E-state index >= 15 is 0 Å². The van der Waals surface area contributed by atoms with Crippen LogP contribution in [0.25, 0.3) is 11.1 Å². The molecule has 0 unspecified atom stereocenters. The molecule has 3 aromatic carbocycles. The number of aryl methyl sites for hydroxylation is 2. The number of hydrogen-bond acceptors (Lipinski definition) is 2. The van der Waals surface area contributed by atoms with E-state index in [9.17, 15) is 4.39 Å². The maximum absolute atomic E-state index is 14.6. The van der Waals surface area contributed by atoms with Crippen LogP contribution >= 0.6 is 0 Å². The first-order chi connectivity index (χ1) is 13.7. The minimum absolute atomic E-state index is 0.257. The topological polar surface area (TPSA) is 24.7 Å². The summed E-state index contributed by atoms with van der Waals surface area (Å²) in [5.41, 5.74) is 5.64. The molecule has 0 N–H and O–H groups in total. The van der Waals surface area contributed by atoms with Crippen LogP contribution in [0.1, 0.15) is 42.0 Å². The Bertz CT molecular complexity index is 955. The monoisotopic (exact) mass is 372 g/mol. The van der Waals surface area contributed by atoms with Crippen molar-refractivity contribution in [1.82, 2.24) is 0 Å². The summed E-state index contributed by atoms with van der Waals surface area (Å²) in [5.74, 6) is -0.257. The molecule has 0 radical (unpaired) electrons. The lowest BCUT2D eigenvalue weighted by molar-refractivity contribution is 0.631. The Morgan fingerprint density at radius 1 is 0.821 bits per heavy atom. The van der Waals surface area contributed by atoms with E-state index in [0.29, 0.717) is 11.1 Å². The molecule has 0 aliphatic rings. The van der Waals surface area contributed by atoms with Crippen LogP contribution in [0.3, 0.4) is 0 Å². The maximum Gasteiger partial charge on any atom is 0.131 e. The molecular weight excluding hydrogens is 347 g/mol. The molecule has 0 bridgehead atoms. The van der Waals surface area contributed by atoms with E-state index < -0.39 is 0 Å². The number of halogens is 1. The molecule has 28 heavy (non-hydrogen) atoms. The van der Waals surface area contributed by atoms with E-state index in [-0.39, 0.29) is 5.82 Å². The van der Waals surface area contributed by atoms with Gasteiger partial charge in [0.2, 0.25) is 0 Å². The normalized spacial score (nSPS) is 11.5. The second kappa shape index (κ2) is 9.75. The summed E-state index contributed by atoms with van der Waals surface area (Å²) in [4.78, 5) is 0. The molecule has 0 spiro atoms. The van der Waals surface area contributed by atoms with Gasteiger partial charge in [-0.2, -0.15) is 10.2 Å². The smallest absolute Gasteiger partial charge is 0.131 e. The summed E-state index contributed by atoms with van der Waals surface area (Å²) < 4.78 is 14.6. The van der Waals surface area contributed by atoms with Crippen molar-refractivity contribution in [2.24, 2.45) is 10.2 Å². The molecule has 0 heterocycles. The van der Waals surface area contributed by atoms with Crippen molar-refractivity contribution in [1.29, 1.82) is 0 Å². The van der Waals surface area contributed by atoms with Crippen LogP contribution in [0.15, 0.2) is 76.9 Å². The predicted octanol–water partition coefficient (Wildman–Crippen LogP) is 6.60. The largest absolute Gasteiger partial charge is 0.206 e. The number of benzene rings is 3. The Morgan fingerprint density at radius 3 is 2.11 bits per heavy atom. The number of hydrogen-bond donors (Lipinski definition) is 0. The van der Waals surface area contributed by atoms with E-state index in [2.05, 4.69) is 29.3 Å². The summed E-state index contributed by atoms with van der Waals surface area (Å²) in [7, 11) is 0. The lowest BCUT2D eigenvalue weighted by Crippen LogP contribution is -1.90. The predicted molar refractivity (Wildman–Crippen MR) is 117 cm³/mol. The Balaban J connectivity index is 1.67. The molecule has 0 atom stereocenters. The Kier molecular flexibility index (Phi) is 6.85. The zero-order valence-electron chi connectivity index (χ0n) is 16.4. The number of unbranched alkanes of at least 4 members (excludes halogenated alkanes) is 1. The molecule has 0 saturated carbocycles. The standard InChI is InChI=1S/C25H25FN2/c1-3-4-5-20-10-13-23(14-11-20)24-15-12-22(16-25(24)26)18-28-27-17-21-8-6-19(2)7-9-21/h6-18H,3-5H2,1-2H3. The lowest BCUT2D eigenvalue weighted by atomic mass is 10.0. The first-order valence-electron chi connectivity index (χ1n) is 9.67. The van der Waals surface area contributed by atoms with Gasteiger partial charge >= 0.3 is 0 Å². The summed E-state index contributed by atoms with van der Waals surface area (Å²) in [6.45, 7) is 4.22. The minimum atomic E-state index is -0.257. The highest BCUT2D eigenvalue weighted by atomic mass is 19.1. The summed E-state index contributed by atoms with van der Waals surface area (Å²) in [6, 6.07) is 21.3. The fourth-order valence-electron chi connectivity index (χ4n) is 2.93. The van der Waals surface area contributed by atoms with Crippen LogP contribution in [-0.2, 0) is 6.42 Å². The van der Waals surface area contributed by atoms with Gasteiger partial charge in [-0.05, 0) is 48.1 Å². The van der Waals surface area contributed by atoms with Gasteiger partial charge in [-0.1, -0.05) is 79.6 Å². The zero-order valence-corrected chi connectivity index (χ0v) is 16.4. The summed E-state index contributed by atoms with van der Waals surface area (Å²) in [6.07, 6.45) is 6.66. The van der Waals surface area contributed by atoms with Crippen molar-refractivity contribution >= 4 is 12.4 Å². The van der Waals surface area contributed by atoms with Crippen molar-refractivity contribution in [3.05, 3.63) is 94.8 Å². The first kappa shape index (κ1) is 19.7. The number of rotatable bonds is 7. The van der Waals surface area contributed by atoms with Crippen LogP contribution in [0.2, 0.25) is 0 Å². The van der Waals surface area contributed by atoms with Gasteiger partial charge in [0.15, 0.2) is 0 Å². The second-order valence-electron chi connectivity index (χ2n) is 6.94. The van der Waals surface area contributed by atoms with E-state index in [1.807, 2.05) is 49.4 Å². The lowest BCUT2D eigenvalue weighted by Gasteiger charge is -2.06. The van der Waals surface area contributed by atoms with Gasteiger partial charge in [0.05, 0.1) is 12.4 Å². The van der Waals surface area contributed by atoms with Gasteiger partial charge in [0.25, 0.3) is 0 Å². The molecule has 0 aliphatic heterocycles. The van der Waals surface area contributed by atoms with Gasteiger partial charge < -0.3 is 0 Å². The van der Waals surface area contributed by atoms with Gasteiger partial charge in [-0.15, -0.1) is 0 Å². The molecule has 3 rings (SSSR count). The van der Waals surface area contributed by atoms with E-state index in [1.54, 1.807) is 18.5 Å². The van der Waals surface area contributed by atoms with Crippen molar-refractivity contribution in [3.63, 3.8) is 0 Å². The average molecular weight is 372 g/mol. The fourth-order valence-corrected chi connectivity index (χ4v) is 2.93. The molecular formula is C25H25FN2. The molecule has 0 amide bonds. The van der Waals surface area contributed by atoms with Gasteiger partial charge in [-0.25, -0.2) is 4.39 Å². The van der Waals surface area contributed by atoms with E-state index in [0.717, 1.165) is 17.5 Å². The van der Waals surface area contributed by atoms with Crippen LogP contribution in [0.5, 0.6) is 0 Å². The second-order valence-corrected chi connectivity index (χ2v) is 6.94. The molecule has 0 saturated heterocycles. The van der Waals surface area contributed by atoms with Gasteiger partial charge in [-0.3, -0.25) is 0 Å². The van der Waals surface area contributed by atoms with Crippen LogP contribution in [0.4, 0.5) is 4.39 Å². The zero-order chi connectivity index (χ0) is 19.8. The number of nitrogens with zero attached hydrogens (tertiary/aromatic N) is 2. The molecule has 3 aromatic rings. The highest BCUT2D eigenvalue weighted by molar-refractivity contribution is 5.83. The molecule has 2 nitrogen and oxygen atoms in total. The van der Waals surface area contributed by atoms with Crippen LogP contribution in [-0.4, -0.2) is 12.4 Å². The third kappa shape index (κ3) is 5.46. The highest BCUT2D eigenvalue weighted by Gasteiger charge is 2.06. The Morgan fingerprint density at radius 2 is 1.46 bits per heavy atom. The summed E-state index contributed by atoms with van der Waals surface area (Å²) >= 11 is 0. The van der Waals surface area contributed by atoms with Crippen molar-refractivity contribution < 1.29 is 4.39 Å². The van der Waals surface area contributed by atoms with Crippen molar-refractivity contribution in [3.8, 4) is 11.1 Å². The molecule has 0 fully saturated rings. The Labute approximate surface area is 166 Å². The summed E-state index contributed by atoms with van der Waals surface area (Å²) in [5, 5.41) is 8.05. The maximum atomic E-state index is 14.6. The van der Waals surface area contributed by atoms with Gasteiger partial charge in [0, 0.05) is 5.56 Å². The van der Waals surface area contributed by atoms with Gasteiger partial charge in [0.1, 0.15) is 5.82 Å². The SMILES string of the molecule is CCCCc1ccc(-c2ccc(C=NN=Cc3ccc(C)cc3)cc2F)cc1. The van der Waals surface area contributed by atoms with E-state index in [1.165, 1.54) is 30.0 Å². The first-order valence-corrected chi connectivity index (χ1v) is 9.67. The molecule has 0 aromatic heterocycles. The molecule has 142 valence electrons. The minimum Gasteiger partial charge on any atom is -0.206 e. The van der Waals surface area contributed by atoms with E-state index in [4.69, 9.17) is 0 Å². The molecule has 0 aliphatic carbocycles. The third-order valence-electron chi connectivity index (χ3n) is 4.63. The third-order valence-corrected chi connectivity index (χ3v) is 4.63. The van der Waals surface area contributed by atoms with Crippen molar-refractivity contribution in [2.75, 3.05) is 0 Å². The van der Waals surface area contributed by atoms with Crippen LogP contribution < -0.4 is 0 Å². The highest BCUT2D eigenvalue weighted by Crippen LogP contribution is 2.24.